The number of halogens is 2. The first-order valence-corrected chi connectivity index (χ1v) is 10.8. The highest BCUT2D eigenvalue weighted by molar-refractivity contribution is 6.31. The molecule has 33 heavy (non-hydrogen) atoms. The van der Waals surface area contributed by atoms with Gasteiger partial charge in [-0.1, -0.05) is 71.7 Å². The molecule has 0 fully saturated rings. The molecule has 0 saturated carbocycles. The maximum Gasteiger partial charge on any atom is 0.331 e. The van der Waals surface area contributed by atoms with E-state index >= 15 is 0 Å². The molecule has 0 aliphatic rings. The molecular weight excluding hydrogens is 467 g/mol. The van der Waals surface area contributed by atoms with Crippen LogP contribution in [0.1, 0.15) is 22.7 Å². The van der Waals surface area contributed by atoms with Crippen molar-refractivity contribution in [3.05, 3.63) is 93.5 Å². The molecular formula is C24H23Cl2N2O5+. The first-order valence-electron chi connectivity index (χ1n) is 10.1. The van der Waals surface area contributed by atoms with Gasteiger partial charge in [-0.05, 0) is 18.2 Å². The second kappa shape index (κ2) is 11.6. The molecule has 172 valence electrons. The summed E-state index contributed by atoms with van der Waals surface area (Å²) in [5.74, 6) is -1.28. The fraction of sp³-hybridized carbons (Fsp3) is 0.167. The summed E-state index contributed by atoms with van der Waals surface area (Å²) in [5.41, 5.74) is 5.19. The van der Waals surface area contributed by atoms with E-state index in [0.717, 1.165) is 5.56 Å². The van der Waals surface area contributed by atoms with Crippen molar-refractivity contribution in [1.82, 2.24) is 5.32 Å². The molecule has 0 aliphatic carbocycles. The average molecular weight is 490 g/mol. The van der Waals surface area contributed by atoms with E-state index < -0.39 is 17.9 Å². The molecule has 1 atom stereocenters. The molecule has 0 heterocycles. The van der Waals surface area contributed by atoms with Crippen LogP contribution in [0.3, 0.4) is 0 Å². The number of rotatable bonds is 10. The van der Waals surface area contributed by atoms with Crippen LogP contribution < -0.4 is 20.5 Å². The number of nitrogens with one attached hydrogen (secondary N) is 1. The lowest BCUT2D eigenvalue weighted by Gasteiger charge is -2.21. The van der Waals surface area contributed by atoms with E-state index in [9.17, 15) is 14.7 Å². The summed E-state index contributed by atoms with van der Waals surface area (Å²) < 4.78 is 12.0. The van der Waals surface area contributed by atoms with Gasteiger partial charge in [0.1, 0.15) is 13.2 Å². The molecule has 5 N–H and O–H groups in total. The number of carboxylic acids is 1. The molecule has 7 nitrogen and oxygen atoms in total. The number of quaternary nitrogens is 1. The fourth-order valence-electron chi connectivity index (χ4n) is 3.07. The third-order valence-corrected chi connectivity index (χ3v) is 5.51. The standard InChI is InChI=1S/C24H22Cl2N2O5/c25-18-9-3-1-6-15(18)13-32-20-11-5-8-17(22(24(30)31)28-21(29)12-27)23(20)33-14-16-7-2-4-10-19(16)26/h1-11,22H,12-14,27H2,(H,28,29)(H,30,31)/p+1. The summed E-state index contributed by atoms with van der Waals surface area (Å²) in [7, 11) is 0. The van der Waals surface area contributed by atoms with Gasteiger partial charge in [-0.15, -0.1) is 0 Å². The number of carboxylic acid groups (broad SMARTS) is 1. The van der Waals surface area contributed by atoms with E-state index in [2.05, 4.69) is 11.1 Å². The van der Waals surface area contributed by atoms with Gasteiger partial charge in [-0.25, -0.2) is 4.79 Å². The predicted octanol–water partition coefficient (Wildman–Crippen LogP) is 3.64. The smallest absolute Gasteiger partial charge is 0.331 e. The highest BCUT2D eigenvalue weighted by atomic mass is 35.5. The molecule has 0 radical (unpaired) electrons. The Bertz CT molecular complexity index is 1140. The molecule has 0 aliphatic heterocycles. The van der Waals surface area contributed by atoms with Crippen LogP contribution in [0.25, 0.3) is 0 Å². The molecule has 1 unspecified atom stereocenters. The van der Waals surface area contributed by atoms with Gasteiger partial charge >= 0.3 is 5.97 Å². The number of carbonyl (C=O) groups is 2. The first kappa shape index (κ1) is 24.4. The summed E-state index contributed by atoms with van der Waals surface area (Å²) >= 11 is 12.5. The third-order valence-electron chi connectivity index (χ3n) is 4.77. The Balaban J connectivity index is 1.97. The molecule has 0 aromatic heterocycles. The minimum atomic E-state index is -1.36. The molecule has 3 aromatic carbocycles. The Morgan fingerprint density at radius 2 is 1.45 bits per heavy atom. The van der Waals surface area contributed by atoms with Gasteiger partial charge < -0.3 is 25.6 Å². The zero-order valence-corrected chi connectivity index (χ0v) is 19.1. The van der Waals surface area contributed by atoms with Gasteiger partial charge in [0.15, 0.2) is 24.1 Å². The Labute approximate surface area is 201 Å². The lowest BCUT2D eigenvalue weighted by atomic mass is 10.0. The van der Waals surface area contributed by atoms with Crippen LogP contribution in [0, 0.1) is 0 Å². The van der Waals surface area contributed by atoms with E-state index in [0.29, 0.717) is 21.4 Å². The van der Waals surface area contributed by atoms with E-state index in [4.69, 9.17) is 32.7 Å². The Morgan fingerprint density at radius 3 is 2.00 bits per heavy atom. The monoisotopic (exact) mass is 489 g/mol. The van der Waals surface area contributed by atoms with Crippen LogP contribution in [-0.4, -0.2) is 23.5 Å². The number of benzene rings is 3. The number of hydrogen-bond acceptors (Lipinski definition) is 4. The number of aliphatic carboxylic acids is 1. The summed E-state index contributed by atoms with van der Waals surface area (Å²) in [6.45, 7) is 0.0889. The van der Waals surface area contributed by atoms with Gasteiger partial charge in [0.05, 0.1) is 0 Å². The van der Waals surface area contributed by atoms with Gasteiger partial charge in [0, 0.05) is 26.7 Å². The second-order valence-corrected chi connectivity index (χ2v) is 7.84. The number of hydrogen-bond donors (Lipinski definition) is 3. The zero-order chi connectivity index (χ0) is 23.8. The quantitative estimate of drug-likeness (QED) is 0.402. The van der Waals surface area contributed by atoms with Crippen molar-refractivity contribution < 1.29 is 29.9 Å². The van der Waals surface area contributed by atoms with E-state index in [1.54, 1.807) is 42.5 Å². The molecule has 3 aromatic rings. The van der Waals surface area contributed by atoms with Crippen molar-refractivity contribution in [3.8, 4) is 11.5 Å². The number of carbonyl (C=O) groups excluding carboxylic acids is 1. The van der Waals surface area contributed by atoms with Crippen molar-refractivity contribution in [3.63, 3.8) is 0 Å². The number of amides is 1. The van der Waals surface area contributed by atoms with E-state index in [1.807, 2.05) is 24.3 Å². The minimum absolute atomic E-state index is 0.0642. The lowest BCUT2D eigenvalue weighted by Crippen LogP contribution is -2.58. The topological polar surface area (TPSA) is 113 Å². The van der Waals surface area contributed by atoms with Crippen molar-refractivity contribution in [2.45, 2.75) is 19.3 Å². The largest absolute Gasteiger partial charge is 0.485 e. The minimum Gasteiger partial charge on any atom is -0.485 e. The van der Waals surface area contributed by atoms with E-state index in [1.165, 1.54) is 0 Å². The summed E-state index contributed by atoms with van der Waals surface area (Å²) in [5, 5.41) is 13.3. The van der Waals surface area contributed by atoms with Crippen LogP contribution in [0.4, 0.5) is 0 Å². The Hall–Kier alpha value is -3.26. The number of ether oxygens (including phenoxy) is 2. The van der Waals surface area contributed by atoms with Crippen LogP contribution in [0.5, 0.6) is 11.5 Å². The second-order valence-electron chi connectivity index (χ2n) is 7.02. The van der Waals surface area contributed by atoms with Crippen LogP contribution in [0.15, 0.2) is 66.7 Å². The molecule has 3 rings (SSSR count). The van der Waals surface area contributed by atoms with Crippen molar-refractivity contribution >= 4 is 35.1 Å². The highest BCUT2D eigenvalue weighted by Crippen LogP contribution is 2.37. The first-order chi connectivity index (χ1) is 15.9. The van der Waals surface area contributed by atoms with Crippen molar-refractivity contribution in [2.75, 3.05) is 6.54 Å². The third kappa shape index (κ3) is 6.38. The summed E-state index contributed by atoms with van der Waals surface area (Å²) in [6.07, 6.45) is 0. The van der Waals surface area contributed by atoms with Gasteiger partial charge in [0.2, 0.25) is 0 Å². The Morgan fingerprint density at radius 1 is 0.879 bits per heavy atom. The van der Waals surface area contributed by atoms with Crippen LogP contribution in [-0.2, 0) is 22.8 Å². The van der Waals surface area contributed by atoms with E-state index in [-0.39, 0.29) is 31.1 Å². The summed E-state index contributed by atoms with van der Waals surface area (Å²) in [6, 6.07) is 17.9. The average Bonchev–Trinajstić information content (AvgIpc) is 2.81. The fourth-order valence-corrected chi connectivity index (χ4v) is 3.45. The zero-order valence-electron chi connectivity index (χ0n) is 17.6. The summed E-state index contributed by atoms with van der Waals surface area (Å²) in [4.78, 5) is 23.9. The SMILES string of the molecule is [NH3+]CC(=O)NC(C(=O)O)c1cccc(OCc2ccccc2Cl)c1OCc1ccccc1Cl. The normalized spacial score (nSPS) is 11.5. The maximum atomic E-state index is 12.0. The van der Waals surface area contributed by atoms with Gasteiger partial charge in [-0.3, -0.25) is 4.79 Å². The lowest BCUT2D eigenvalue weighted by molar-refractivity contribution is -0.355. The van der Waals surface area contributed by atoms with Gasteiger partial charge in [-0.2, -0.15) is 0 Å². The number of para-hydroxylation sites is 1. The molecule has 0 bridgehead atoms. The molecule has 1 amide bonds. The van der Waals surface area contributed by atoms with Crippen molar-refractivity contribution in [1.29, 1.82) is 0 Å². The Kier molecular flexibility index (Phi) is 8.54. The van der Waals surface area contributed by atoms with Crippen LogP contribution >= 0.6 is 23.2 Å². The van der Waals surface area contributed by atoms with Crippen LogP contribution in [0.2, 0.25) is 10.0 Å². The predicted molar refractivity (Wildman–Crippen MR) is 124 cm³/mol. The van der Waals surface area contributed by atoms with Crippen molar-refractivity contribution in [2.24, 2.45) is 0 Å². The molecule has 0 spiro atoms. The molecule has 9 heteroatoms. The van der Waals surface area contributed by atoms with Gasteiger partial charge in [0.25, 0.3) is 5.91 Å². The molecule has 0 saturated heterocycles. The highest BCUT2D eigenvalue weighted by Gasteiger charge is 2.28. The maximum absolute atomic E-state index is 12.0.